The molecule has 1 aromatic carbocycles. The van der Waals surface area contributed by atoms with Crippen LogP contribution in [0.25, 0.3) is 11.2 Å². The molecule has 1 saturated heterocycles. The number of anilines is 1. The van der Waals surface area contributed by atoms with Crippen molar-refractivity contribution >= 4 is 23.0 Å². The van der Waals surface area contributed by atoms with Gasteiger partial charge in [0.2, 0.25) is 0 Å². The summed E-state index contributed by atoms with van der Waals surface area (Å²) in [6.45, 7) is 1.45. The van der Waals surface area contributed by atoms with E-state index in [4.69, 9.17) is 9.47 Å². The average Bonchev–Trinajstić information content (AvgIpc) is 3.36. The van der Waals surface area contributed by atoms with Crippen LogP contribution in [0.15, 0.2) is 36.9 Å². The van der Waals surface area contributed by atoms with E-state index in [2.05, 4.69) is 20.3 Å². The Morgan fingerprint density at radius 3 is 2.64 bits per heavy atom. The van der Waals surface area contributed by atoms with Crippen LogP contribution in [-0.2, 0) is 20.7 Å². The van der Waals surface area contributed by atoms with Crippen molar-refractivity contribution in [3.8, 4) is 5.75 Å². The molecule has 4 rings (SSSR count). The molecular formula is C21H25N5O7. The van der Waals surface area contributed by atoms with Crippen LogP contribution in [-0.4, -0.2) is 83.5 Å². The minimum atomic E-state index is -1.30. The number of nitrogens with one attached hydrogen (secondary N) is 1. The second kappa shape index (κ2) is 9.67. The molecule has 1 aliphatic heterocycles. The van der Waals surface area contributed by atoms with Gasteiger partial charge in [0.1, 0.15) is 36.4 Å². The molecule has 0 bridgehead atoms. The number of imidazole rings is 1. The largest absolute Gasteiger partial charge is 0.508 e. The Morgan fingerprint density at radius 1 is 1.21 bits per heavy atom. The number of phenols is 1. The predicted octanol–water partition coefficient (Wildman–Crippen LogP) is -0.270. The van der Waals surface area contributed by atoms with Crippen molar-refractivity contribution in [1.82, 2.24) is 19.5 Å². The molecule has 1 aliphatic rings. The van der Waals surface area contributed by atoms with Gasteiger partial charge in [-0.25, -0.2) is 19.7 Å². The highest BCUT2D eigenvalue weighted by Crippen LogP contribution is 2.32. The van der Waals surface area contributed by atoms with Gasteiger partial charge >= 0.3 is 5.97 Å². The Labute approximate surface area is 188 Å². The zero-order valence-corrected chi connectivity index (χ0v) is 17.8. The topological polar surface area (TPSA) is 172 Å². The molecule has 0 aliphatic carbocycles. The van der Waals surface area contributed by atoms with Gasteiger partial charge in [0.05, 0.1) is 19.5 Å². The van der Waals surface area contributed by atoms with Crippen LogP contribution in [0.1, 0.15) is 18.7 Å². The summed E-state index contributed by atoms with van der Waals surface area (Å²) in [5, 5.41) is 42.3. The molecule has 0 saturated carbocycles. The first kappa shape index (κ1) is 22.9. The van der Waals surface area contributed by atoms with E-state index in [1.54, 1.807) is 19.1 Å². The van der Waals surface area contributed by atoms with E-state index in [1.807, 2.05) is 0 Å². The maximum Gasteiger partial charge on any atom is 0.328 e. The molecule has 12 heteroatoms. The first-order valence-electron chi connectivity index (χ1n) is 10.4. The molecule has 12 nitrogen and oxygen atoms in total. The predicted molar refractivity (Wildman–Crippen MR) is 114 cm³/mol. The van der Waals surface area contributed by atoms with Crippen molar-refractivity contribution in [3.63, 3.8) is 0 Å². The second-order valence-corrected chi connectivity index (χ2v) is 7.59. The van der Waals surface area contributed by atoms with E-state index >= 15 is 0 Å². The highest BCUT2D eigenvalue weighted by molar-refractivity contribution is 5.86. The van der Waals surface area contributed by atoms with Gasteiger partial charge in [0.15, 0.2) is 23.2 Å². The lowest BCUT2D eigenvalue weighted by molar-refractivity contribution is -0.144. The second-order valence-electron chi connectivity index (χ2n) is 7.59. The van der Waals surface area contributed by atoms with Crippen LogP contribution in [0, 0.1) is 0 Å². The SMILES string of the molecule is CCOC(=O)[C@@H](Cc1ccc(O)cc1)Nc1ncnc2c1ncn2[C@@H]1O[C@H](CO)[C@H](O)C1O. The number of hydrogen-bond acceptors (Lipinski definition) is 11. The van der Waals surface area contributed by atoms with E-state index in [1.165, 1.54) is 29.4 Å². The van der Waals surface area contributed by atoms with E-state index in [0.717, 1.165) is 5.56 Å². The van der Waals surface area contributed by atoms with Crippen molar-refractivity contribution in [2.24, 2.45) is 0 Å². The van der Waals surface area contributed by atoms with Gasteiger partial charge in [-0.1, -0.05) is 12.1 Å². The van der Waals surface area contributed by atoms with Gasteiger partial charge in [-0.2, -0.15) is 0 Å². The molecular weight excluding hydrogens is 434 g/mol. The van der Waals surface area contributed by atoms with E-state index in [9.17, 15) is 25.2 Å². The Kier molecular flexibility index (Phi) is 6.70. The van der Waals surface area contributed by atoms with Gasteiger partial charge in [-0.15, -0.1) is 0 Å². The Bertz CT molecular complexity index is 1110. The summed E-state index contributed by atoms with van der Waals surface area (Å²) in [7, 11) is 0. The normalized spacial score (nSPS) is 23.5. The number of esters is 1. The number of benzene rings is 1. The Hall–Kier alpha value is -3.32. The Balaban J connectivity index is 1.62. The molecule has 0 spiro atoms. The summed E-state index contributed by atoms with van der Waals surface area (Å²) < 4.78 is 12.2. The molecule has 33 heavy (non-hydrogen) atoms. The third-order valence-corrected chi connectivity index (χ3v) is 5.41. The fourth-order valence-corrected chi connectivity index (χ4v) is 3.72. The minimum Gasteiger partial charge on any atom is -0.508 e. The number of hydrogen-bond donors (Lipinski definition) is 5. The zero-order valence-electron chi connectivity index (χ0n) is 17.8. The van der Waals surface area contributed by atoms with Crippen LogP contribution in [0.5, 0.6) is 5.75 Å². The number of carbonyl (C=O) groups excluding carboxylic acids is 1. The highest BCUT2D eigenvalue weighted by Gasteiger charge is 2.44. The van der Waals surface area contributed by atoms with Gasteiger partial charge in [-0.3, -0.25) is 4.57 Å². The lowest BCUT2D eigenvalue weighted by atomic mass is 10.1. The standard InChI is InChI=1S/C21H25N5O7/c1-2-32-21(31)13(7-11-3-5-12(28)6-4-11)25-18-15-19(23-9-22-18)26(10-24-15)20-17(30)16(29)14(8-27)33-20/h3-6,9-10,13-14,16-17,20,27-30H,2,7-8H2,1H3,(H,22,23,25)/t13-,14-,16+,17?,20-/m1/s1. The molecule has 1 unspecified atom stereocenters. The molecule has 176 valence electrons. The maximum absolute atomic E-state index is 12.6. The number of rotatable bonds is 8. The first-order valence-corrected chi connectivity index (χ1v) is 10.4. The third-order valence-electron chi connectivity index (χ3n) is 5.41. The number of aromatic hydroxyl groups is 1. The Morgan fingerprint density at radius 2 is 1.97 bits per heavy atom. The fraction of sp³-hybridized carbons (Fsp3) is 0.429. The summed E-state index contributed by atoms with van der Waals surface area (Å²) in [5.74, 6) is -0.102. The molecule has 5 atom stereocenters. The number of aliphatic hydroxyl groups excluding tert-OH is 3. The third kappa shape index (κ3) is 4.59. The number of nitrogens with zero attached hydrogens (tertiary/aromatic N) is 4. The summed E-state index contributed by atoms with van der Waals surface area (Å²) >= 11 is 0. The molecule has 0 radical (unpaired) electrons. The zero-order chi connectivity index (χ0) is 23.5. The van der Waals surface area contributed by atoms with Crippen LogP contribution >= 0.6 is 0 Å². The van der Waals surface area contributed by atoms with Crippen molar-refractivity contribution in [1.29, 1.82) is 0 Å². The van der Waals surface area contributed by atoms with Crippen LogP contribution in [0.3, 0.4) is 0 Å². The van der Waals surface area contributed by atoms with Crippen LogP contribution in [0.4, 0.5) is 5.82 Å². The number of ether oxygens (including phenoxy) is 2. The summed E-state index contributed by atoms with van der Waals surface area (Å²) in [5.41, 5.74) is 1.41. The summed E-state index contributed by atoms with van der Waals surface area (Å²) in [6.07, 6.45) is -1.61. The van der Waals surface area contributed by atoms with Crippen molar-refractivity contribution in [3.05, 3.63) is 42.5 Å². The molecule has 5 N–H and O–H groups in total. The first-order chi connectivity index (χ1) is 15.9. The monoisotopic (exact) mass is 459 g/mol. The van der Waals surface area contributed by atoms with Crippen molar-refractivity contribution in [2.75, 3.05) is 18.5 Å². The molecule has 2 aromatic heterocycles. The minimum absolute atomic E-state index is 0.118. The van der Waals surface area contributed by atoms with Crippen LogP contribution in [0.2, 0.25) is 0 Å². The van der Waals surface area contributed by atoms with Gasteiger partial charge < -0.3 is 35.2 Å². The molecule has 3 aromatic rings. The number of phenolic OH excluding ortho intramolecular Hbond substituents is 1. The number of carbonyl (C=O) groups is 1. The van der Waals surface area contributed by atoms with Gasteiger partial charge in [0, 0.05) is 6.42 Å². The van der Waals surface area contributed by atoms with E-state index in [-0.39, 0.29) is 24.6 Å². The highest BCUT2D eigenvalue weighted by atomic mass is 16.6. The van der Waals surface area contributed by atoms with E-state index in [0.29, 0.717) is 11.2 Å². The summed E-state index contributed by atoms with van der Waals surface area (Å²) in [4.78, 5) is 25.3. The fourth-order valence-electron chi connectivity index (χ4n) is 3.72. The lowest BCUT2D eigenvalue weighted by Gasteiger charge is -2.19. The number of aliphatic hydroxyl groups is 3. The van der Waals surface area contributed by atoms with Crippen LogP contribution < -0.4 is 5.32 Å². The number of aromatic nitrogens is 4. The van der Waals surface area contributed by atoms with Gasteiger partial charge in [0.25, 0.3) is 0 Å². The molecule has 3 heterocycles. The lowest BCUT2D eigenvalue weighted by Crippen LogP contribution is -2.34. The molecule has 1 fully saturated rings. The quantitative estimate of drug-likeness (QED) is 0.281. The maximum atomic E-state index is 12.6. The van der Waals surface area contributed by atoms with E-state index < -0.39 is 43.2 Å². The van der Waals surface area contributed by atoms with Gasteiger partial charge in [-0.05, 0) is 24.6 Å². The smallest absolute Gasteiger partial charge is 0.328 e. The van der Waals surface area contributed by atoms with Crippen molar-refractivity contribution in [2.45, 2.75) is 43.9 Å². The molecule has 0 amide bonds. The van der Waals surface area contributed by atoms with Crippen molar-refractivity contribution < 1.29 is 34.7 Å². The average molecular weight is 459 g/mol. The summed E-state index contributed by atoms with van der Waals surface area (Å²) in [6, 6.07) is 5.67. The number of fused-ring (bicyclic) bond motifs is 1.